The third-order valence-electron chi connectivity index (χ3n) is 2.64. The first kappa shape index (κ1) is 12.7. The second-order valence-corrected chi connectivity index (χ2v) is 6.33. The van der Waals surface area contributed by atoms with Crippen molar-refractivity contribution in [1.82, 2.24) is 14.9 Å². The lowest BCUT2D eigenvalue weighted by Gasteiger charge is -2.15. The number of amides is 1. The van der Waals surface area contributed by atoms with E-state index in [1.165, 1.54) is 11.1 Å². The average Bonchev–Trinajstić information content (AvgIpc) is 2.68. The third kappa shape index (κ3) is 2.28. The second-order valence-electron chi connectivity index (χ2n) is 4.42. The Morgan fingerprint density at radius 2 is 2.17 bits per heavy atom. The number of likely N-dealkylation sites (N-methyl/N-ethyl adjacent to an activating group) is 1. The van der Waals surface area contributed by atoms with E-state index in [0.717, 1.165) is 6.26 Å². The molecule has 1 aromatic heterocycles. The summed E-state index contributed by atoms with van der Waals surface area (Å²) in [5.74, 6) is -0.0751. The van der Waals surface area contributed by atoms with Crippen molar-refractivity contribution in [2.24, 2.45) is 0 Å². The molecule has 0 saturated heterocycles. The Hall–Kier alpha value is -1.70. The number of aromatic nitrogens is 2. The zero-order valence-corrected chi connectivity index (χ0v) is 11.2. The Bertz CT molecular complexity index is 597. The van der Waals surface area contributed by atoms with Gasteiger partial charge in [-0.25, -0.2) is 18.4 Å². The van der Waals surface area contributed by atoms with Crippen LogP contribution in [0.2, 0.25) is 0 Å². The van der Waals surface area contributed by atoms with E-state index >= 15 is 0 Å². The molecule has 0 aliphatic carbocycles. The maximum Gasteiger partial charge on any atom is 0.247 e. The highest BCUT2D eigenvalue weighted by atomic mass is 32.2. The fourth-order valence-corrected chi connectivity index (χ4v) is 2.27. The van der Waals surface area contributed by atoms with E-state index in [0.29, 0.717) is 17.8 Å². The number of hydrogen-bond donors (Lipinski definition) is 1. The van der Waals surface area contributed by atoms with Crippen molar-refractivity contribution in [3.63, 3.8) is 0 Å². The number of fused-ring (bicyclic) bond motifs is 1. The molecule has 1 aliphatic heterocycles. The van der Waals surface area contributed by atoms with Gasteiger partial charge in [0, 0.05) is 26.8 Å². The summed E-state index contributed by atoms with van der Waals surface area (Å²) >= 11 is 0. The maximum atomic E-state index is 11.8. The van der Waals surface area contributed by atoms with Gasteiger partial charge in [-0.1, -0.05) is 0 Å². The van der Waals surface area contributed by atoms with Gasteiger partial charge in [-0.05, 0) is 0 Å². The number of nitrogens with one attached hydrogen (secondary N) is 1. The Morgan fingerprint density at radius 3 is 2.72 bits per heavy atom. The van der Waals surface area contributed by atoms with Crippen molar-refractivity contribution < 1.29 is 13.2 Å². The van der Waals surface area contributed by atoms with Gasteiger partial charge in [-0.3, -0.25) is 4.79 Å². The van der Waals surface area contributed by atoms with Crippen LogP contribution in [0.4, 0.5) is 5.69 Å². The number of carbonyl (C=O) groups excluding carboxylic acids is 1. The van der Waals surface area contributed by atoms with Crippen molar-refractivity contribution in [1.29, 1.82) is 0 Å². The lowest BCUT2D eigenvalue weighted by molar-refractivity contribution is -0.129. The van der Waals surface area contributed by atoms with Gasteiger partial charge in [0.05, 0.1) is 17.6 Å². The molecule has 1 atom stereocenters. The summed E-state index contributed by atoms with van der Waals surface area (Å²) in [4.78, 5) is 21.0. The van der Waals surface area contributed by atoms with Gasteiger partial charge >= 0.3 is 0 Å². The number of carbonyl (C=O) groups is 1. The Morgan fingerprint density at radius 1 is 1.50 bits per heavy atom. The van der Waals surface area contributed by atoms with Gasteiger partial charge in [0.25, 0.3) is 0 Å². The first-order chi connectivity index (χ1) is 8.29. The lowest BCUT2D eigenvalue weighted by Crippen LogP contribution is -2.37. The molecule has 0 fully saturated rings. The van der Waals surface area contributed by atoms with Gasteiger partial charge in [0.1, 0.15) is 6.04 Å². The van der Waals surface area contributed by atoms with Gasteiger partial charge in [-0.2, -0.15) is 0 Å². The smallest absolute Gasteiger partial charge is 0.247 e. The molecule has 1 unspecified atom stereocenters. The lowest BCUT2D eigenvalue weighted by atomic mass is 10.2. The molecule has 1 amide bonds. The maximum absolute atomic E-state index is 11.8. The van der Waals surface area contributed by atoms with Gasteiger partial charge in [0.2, 0.25) is 20.9 Å². The van der Waals surface area contributed by atoms with Crippen LogP contribution in [0.5, 0.6) is 0 Å². The largest absolute Gasteiger partial charge is 0.371 e. The summed E-state index contributed by atoms with van der Waals surface area (Å²) < 4.78 is 22.7. The van der Waals surface area contributed by atoms with Crippen molar-refractivity contribution in [3.8, 4) is 0 Å². The molecular weight excluding hydrogens is 256 g/mol. The Balaban J connectivity index is 2.29. The van der Waals surface area contributed by atoms with Crippen LogP contribution in [0.1, 0.15) is 5.69 Å². The summed E-state index contributed by atoms with van der Waals surface area (Å²) in [6.45, 7) is 0. The molecule has 1 N–H and O–H groups in total. The molecule has 0 bridgehead atoms. The van der Waals surface area contributed by atoms with Crippen molar-refractivity contribution in [2.45, 2.75) is 17.6 Å². The van der Waals surface area contributed by atoms with Crippen LogP contribution in [0.3, 0.4) is 0 Å². The molecule has 18 heavy (non-hydrogen) atoms. The molecule has 2 rings (SSSR count). The van der Waals surface area contributed by atoms with Crippen molar-refractivity contribution in [2.75, 3.05) is 25.7 Å². The van der Waals surface area contributed by atoms with E-state index in [2.05, 4.69) is 15.3 Å². The topological polar surface area (TPSA) is 92.3 Å². The SMILES string of the molecule is CN(C)C(=O)C1Cc2nc(S(C)(=O)=O)ncc2N1. The number of rotatable bonds is 2. The van der Waals surface area contributed by atoms with E-state index < -0.39 is 15.9 Å². The van der Waals surface area contributed by atoms with E-state index in [4.69, 9.17) is 0 Å². The Labute approximate surface area is 105 Å². The molecular formula is C10H14N4O3S. The van der Waals surface area contributed by atoms with Crippen LogP contribution in [0.15, 0.2) is 11.4 Å². The highest BCUT2D eigenvalue weighted by Crippen LogP contribution is 2.24. The molecule has 0 saturated carbocycles. The number of sulfone groups is 1. The van der Waals surface area contributed by atoms with E-state index in [1.807, 2.05) is 0 Å². The third-order valence-corrected chi connectivity index (χ3v) is 3.50. The molecule has 0 spiro atoms. The zero-order valence-electron chi connectivity index (χ0n) is 10.3. The fourth-order valence-electron chi connectivity index (χ4n) is 1.75. The standard InChI is InChI=1S/C10H14N4O3S/c1-14(2)9(15)7-4-6-8(12-7)5-11-10(13-6)18(3,16)17/h5,7,12H,4H2,1-3H3. The normalized spacial score (nSPS) is 18.1. The molecule has 7 nitrogen and oxygen atoms in total. The Kier molecular flexibility index (Phi) is 2.97. The number of hydrogen-bond acceptors (Lipinski definition) is 6. The highest BCUT2D eigenvalue weighted by Gasteiger charge is 2.30. The van der Waals surface area contributed by atoms with Crippen LogP contribution < -0.4 is 5.32 Å². The highest BCUT2D eigenvalue weighted by molar-refractivity contribution is 7.90. The fraction of sp³-hybridized carbons (Fsp3) is 0.500. The monoisotopic (exact) mass is 270 g/mol. The first-order valence-electron chi connectivity index (χ1n) is 5.32. The van der Waals surface area contributed by atoms with Crippen molar-refractivity contribution in [3.05, 3.63) is 11.9 Å². The minimum atomic E-state index is -3.42. The molecule has 98 valence electrons. The zero-order chi connectivity index (χ0) is 13.5. The van der Waals surface area contributed by atoms with Gasteiger partial charge < -0.3 is 10.2 Å². The van der Waals surface area contributed by atoms with Crippen LogP contribution in [0, 0.1) is 0 Å². The minimum Gasteiger partial charge on any atom is -0.371 e. The average molecular weight is 270 g/mol. The number of nitrogens with zero attached hydrogens (tertiary/aromatic N) is 3. The molecule has 2 heterocycles. The van der Waals surface area contributed by atoms with E-state index in [9.17, 15) is 13.2 Å². The summed E-state index contributed by atoms with van der Waals surface area (Å²) in [6, 6.07) is -0.404. The molecule has 0 radical (unpaired) electrons. The summed E-state index contributed by atoms with van der Waals surface area (Å²) in [5, 5.41) is 2.78. The van der Waals surface area contributed by atoms with Gasteiger partial charge in [0.15, 0.2) is 0 Å². The molecule has 1 aliphatic rings. The van der Waals surface area contributed by atoms with E-state index in [1.54, 1.807) is 14.1 Å². The van der Waals surface area contributed by atoms with Crippen LogP contribution in [-0.2, 0) is 21.1 Å². The van der Waals surface area contributed by atoms with Gasteiger partial charge in [-0.15, -0.1) is 0 Å². The van der Waals surface area contributed by atoms with Crippen molar-refractivity contribution >= 4 is 21.4 Å². The van der Waals surface area contributed by atoms with Crippen LogP contribution in [0.25, 0.3) is 0 Å². The molecule has 8 heteroatoms. The number of anilines is 1. The first-order valence-corrected chi connectivity index (χ1v) is 7.22. The predicted molar refractivity (Wildman–Crippen MR) is 65.0 cm³/mol. The summed E-state index contributed by atoms with van der Waals surface area (Å²) in [7, 11) is -0.0893. The molecule has 0 aromatic carbocycles. The summed E-state index contributed by atoms with van der Waals surface area (Å²) in [5.41, 5.74) is 1.17. The predicted octanol–water partition coefficient (Wildman–Crippen LogP) is -0.695. The van der Waals surface area contributed by atoms with Crippen LogP contribution in [-0.4, -0.2) is 55.6 Å². The quantitative estimate of drug-likeness (QED) is 0.715. The van der Waals surface area contributed by atoms with E-state index in [-0.39, 0.29) is 11.1 Å². The van der Waals surface area contributed by atoms with Crippen LogP contribution >= 0.6 is 0 Å². The summed E-state index contributed by atoms with van der Waals surface area (Å²) in [6.07, 6.45) is 2.83. The molecule has 1 aromatic rings. The minimum absolute atomic E-state index is 0.0751. The second kappa shape index (κ2) is 4.20.